The molecular weight excluding hydrogens is 300 g/mol. The maximum Gasteiger partial charge on any atom is 0.338 e. The van der Waals surface area contributed by atoms with Gasteiger partial charge in [-0.25, -0.2) is 9.59 Å². The van der Waals surface area contributed by atoms with E-state index in [1.54, 1.807) is 25.1 Å². The highest BCUT2D eigenvalue weighted by Gasteiger charge is 2.15. The number of hydrogen-bond acceptors (Lipinski definition) is 6. The summed E-state index contributed by atoms with van der Waals surface area (Å²) < 4.78 is 19.9. The molecule has 6 nitrogen and oxygen atoms in total. The molecular formula is C17H20O6. The van der Waals surface area contributed by atoms with Gasteiger partial charge in [0.25, 0.3) is 0 Å². The maximum absolute atomic E-state index is 12.1. The molecule has 0 N–H and O–H groups in total. The molecule has 0 bridgehead atoms. The van der Waals surface area contributed by atoms with Gasteiger partial charge >= 0.3 is 11.9 Å². The molecule has 124 valence electrons. The number of rotatable bonds is 7. The van der Waals surface area contributed by atoms with Gasteiger partial charge in [0, 0.05) is 6.08 Å². The summed E-state index contributed by atoms with van der Waals surface area (Å²) in [6.07, 6.45) is 4.12. The number of benzene rings is 1. The fourth-order valence-corrected chi connectivity index (χ4v) is 1.79. The topological polar surface area (TPSA) is 71.1 Å². The van der Waals surface area contributed by atoms with Gasteiger partial charge in [-0.2, -0.15) is 0 Å². The molecule has 0 unspecified atom stereocenters. The second-order valence-corrected chi connectivity index (χ2v) is 4.25. The molecule has 6 heteroatoms. The highest BCUT2D eigenvalue weighted by atomic mass is 16.5. The number of allylic oxidation sites excluding steroid dienone is 2. The lowest BCUT2D eigenvalue weighted by atomic mass is 10.0. The molecule has 0 aliphatic carbocycles. The summed E-state index contributed by atoms with van der Waals surface area (Å²) >= 11 is 0. The summed E-state index contributed by atoms with van der Waals surface area (Å²) in [5, 5.41) is 0. The minimum absolute atomic E-state index is 0.240. The normalized spacial score (nSPS) is 11.2. The number of hydrogen-bond donors (Lipinski definition) is 0. The van der Waals surface area contributed by atoms with Crippen LogP contribution in [0.1, 0.15) is 12.5 Å². The van der Waals surface area contributed by atoms with Gasteiger partial charge in [0.2, 0.25) is 0 Å². The molecule has 0 atom stereocenters. The first-order valence-electron chi connectivity index (χ1n) is 6.93. The van der Waals surface area contributed by atoms with Crippen LogP contribution in [0.4, 0.5) is 0 Å². The zero-order valence-corrected chi connectivity index (χ0v) is 13.6. The van der Waals surface area contributed by atoms with Gasteiger partial charge in [0.1, 0.15) is 0 Å². The van der Waals surface area contributed by atoms with Crippen molar-refractivity contribution in [1.82, 2.24) is 0 Å². The lowest BCUT2D eigenvalue weighted by Gasteiger charge is -2.11. The first-order chi connectivity index (χ1) is 11.1. The van der Waals surface area contributed by atoms with Gasteiger partial charge in [-0.15, -0.1) is 0 Å². The number of carbonyl (C=O) groups is 2. The van der Waals surface area contributed by atoms with Crippen LogP contribution in [0.2, 0.25) is 0 Å². The van der Waals surface area contributed by atoms with Crippen molar-refractivity contribution in [1.29, 1.82) is 0 Å². The smallest absolute Gasteiger partial charge is 0.338 e. The van der Waals surface area contributed by atoms with E-state index in [0.717, 1.165) is 0 Å². The van der Waals surface area contributed by atoms with Crippen LogP contribution in [0, 0.1) is 0 Å². The standard InChI is InChI=1S/C17H20O6/c1-5-23-17(19)13(7-6-8-16(18)22-4)12-9-10-14(20-2)15(11-12)21-3/h6-11H,5H2,1-4H3/b8-6-,13-7+. The third-order valence-corrected chi connectivity index (χ3v) is 2.89. The summed E-state index contributed by atoms with van der Waals surface area (Å²) in [7, 11) is 4.31. The number of methoxy groups -OCH3 is 3. The van der Waals surface area contributed by atoms with Crippen LogP contribution in [-0.4, -0.2) is 39.9 Å². The van der Waals surface area contributed by atoms with Crippen LogP contribution in [0.3, 0.4) is 0 Å². The molecule has 0 radical (unpaired) electrons. The minimum Gasteiger partial charge on any atom is -0.493 e. The molecule has 0 spiro atoms. The zero-order chi connectivity index (χ0) is 17.2. The molecule has 0 saturated carbocycles. The van der Waals surface area contributed by atoms with Crippen LogP contribution >= 0.6 is 0 Å². The van der Waals surface area contributed by atoms with E-state index in [2.05, 4.69) is 4.74 Å². The molecule has 0 heterocycles. The van der Waals surface area contributed by atoms with Crippen molar-refractivity contribution >= 4 is 17.5 Å². The average molecular weight is 320 g/mol. The van der Waals surface area contributed by atoms with E-state index in [1.807, 2.05) is 0 Å². The van der Waals surface area contributed by atoms with E-state index in [-0.39, 0.29) is 12.2 Å². The average Bonchev–Trinajstić information content (AvgIpc) is 2.57. The first-order valence-corrected chi connectivity index (χ1v) is 6.93. The van der Waals surface area contributed by atoms with Crippen LogP contribution < -0.4 is 9.47 Å². The molecule has 1 aromatic rings. The van der Waals surface area contributed by atoms with E-state index in [9.17, 15) is 9.59 Å². The highest BCUT2D eigenvalue weighted by molar-refractivity contribution is 6.17. The Kier molecular flexibility index (Phi) is 7.39. The lowest BCUT2D eigenvalue weighted by Crippen LogP contribution is -2.07. The fourth-order valence-electron chi connectivity index (χ4n) is 1.79. The minimum atomic E-state index is -0.517. The Labute approximate surface area is 135 Å². The van der Waals surface area contributed by atoms with Crippen molar-refractivity contribution < 1.29 is 28.5 Å². The molecule has 0 aliphatic heterocycles. The van der Waals surface area contributed by atoms with Gasteiger partial charge in [-0.1, -0.05) is 12.1 Å². The van der Waals surface area contributed by atoms with E-state index in [1.165, 1.54) is 39.6 Å². The summed E-state index contributed by atoms with van der Waals surface area (Å²) in [6, 6.07) is 5.05. The summed E-state index contributed by atoms with van der Waals surface area (Å²) in [6.45, 7) is 1.96. The molecule has 0 aliphatic rings. The second kappa shape index (κ2) is 9.30. The highest BCUT2D eigenvalue weighted by Crippen LogP contribution is 2.30. The summed E-state index contributed by atoms with van der Waals surface area (Å²) in [4.78, 5) is 23.2. The van der Waals surface area contributed by atoms with Gasteiger partial charge in [0.05, 0.1) is 33.5 Å². The van der Waals surface area contributed by atoms with Crippen molar-refractivity contribution in [3.05, 3.63) is 42.0 Å². The van der Waals surface area contributed by atoms with Gasteiger partial charge in [-0.05, 0) is 30.7 Å². The first kappa shape index (κ1) is 18.3. The van der Waals surface area contributed by atoms with E-state index in [0.29, 0.717) is 17.1 Å². The van der Waals surface area contributed by atoms with Crippen molar-refractivity contribution in [3.63, 3.8) is 0 Å². The summed E-state index contributed by atoms with van der Waals surface area (Å²) in [5.41, 5.74) is 0.864. The molecule has 0 aromatic heterocycles. The quantitative estimate of drug-likeness (QED) is 0.436. The molecule has 23 heavy (non-hydrogen) atoms. The van der Waals surface area contributed by atoms with Crippen molar-refractivity contribution in [2.24, 2.45) is 0 Å². The van der Waals surface area contributed by atoms with Gasteiger partial charge < -0.3 is 18.9 Å². The monoisotopic (exact) mass is 320 g/mol. The SMILES string of the molecule is CCOC(=O)/C(=C/C=C\C(=O)OC)c1ccc(OC)c(OC)c1. The Morgan fingerprint density at radius 2 is 1.78 bits per heavy atom. The Bertz CT molecular complexity index is 616. The van der Waals surface area contributed by atoms with Gasteiger partial charge in [-0.3, -0.25) is 0 Å². The zero-order valence-electron chi connectivity index (χ0n) is 13.6. The predicted octanol–water partition coefficient (Wildman–Crippen LogP) is 2.38. The molecule has 0 saturated heterocycles. The van der Waals surface area contributed by atoms with Crippen LogP contribution in [-0.2, 0) is 19.1 Å². The third-order valence-electron chi connectivity index (χ3n) is 2.89. The lowest BCUT2D eigenvalue weighted by molar-refractivity contribution is -0.136. The largest absolute Gasteiger partial charge is 0.493 e. The number of ether oxygens (including phenoxy) is 4. The van der Waals surface area contributed by atoms with E-state index >= 15 is 0 Å². The van der Waals surface area contributed by atoms with Crippen LogP contribution in [0.25, 0.3) is 5.57 Å². The Balaban J connectivity index is 3.23. The van der Waals surface area contributed by atoms with Gasteiger partial charge in [0.15, 0.2) is 11.5 Å². The number of carbonyl (C=O) groups excluding carboxylic acids is 2. The Morgan fingerprint density at radius 3 is 2.35 bits per heavy atom. The van der Waals surface area contributed by atoms with Crippen LogP contribution in [0.15, 0.2) is 36.4 Å². The summed E-state index contributed by atoms with van der Waals surface area (Å²) in [5.74, 6) is 0.00714. The predicted molar refractivity (Wildman–Crippen MR) is 85.3 cm³/mol. The Morgan fingerprint density at radius 1 is 1.09 bits per heavy atom. The van der Waals surface area contributed by atoms with Crippen molar-refractivity contribution in [3.8, 4) is 11.5 Å². The molecule has 0 fully saturated rings. The molecule has 1 aromatic carbocycles. The molecule has 0 amide bonds. The molecule has 1 rings (SSSR count). The van der Waals surface area contributed by atoms with Crippen molar-refractivity contribution in [2.45, 2.75) is 6.92 Å². The van der Waals surface area contributed by atoms with Crippen molar-refractivity contribution in [2.75, 3.05) is 27.9 Å². The van der Waals surface area contributed by atoms with E-state index in [4.69, 9.17) is 14.2 Å². The van der Waals surface area contributed by atoms with E-state index < -0.39 is 11.9 Å². The number of esters is 2. The maximum atomic E-state index is 12.1. The third kappa shape index (κ3) is 5.18. The second-order valence-electron chi connectivity index (χ2n) is 4.25. The Hall–Kier alpha value is -2.76. The fraction of sp³-hybridized carbons (Fsp3) is 0.294. The van der Waals surface area contributed by atoms with Crippen LogP contribution in [0.5, 0.6) is 11.5 Å².